The van der Waals surface area contributed by atoms with Gasteiger partial charge >= 0.3 is 0 Å². The molecule has 1 aromatic rings. The quantitative estimate of drug-likeness (QED) is 0.319. The number of hydrogen-bond acceptors (Lipinski definition) is 4. The highest BCUT2D eigenvalue weighted by molar-refractivity contribution is 5.98. The Morgan fingerprint density at radius 3 is 2.67 bits per heavy atom. The Hall–Kier alpha value is -1.75. The van der Waals surface area contributed by atoms with Crippen molar-refractivity contribution in [1.82, 2.24) is 0 Å². The van der Waals surface area contributed by atoms with Crippen molar-refractivity contribution in [1.29, 1.82) is 0 Å². The second-order valence-corrected chi connectivity index (χ2v) is 4.54. The van der Waals surface area contributed by atoms with Crippen molar-refractivity contribution in [2.24, 2.45) is 10.9 Å². The molecule has 1 unspecified atom stereocenters. The predicted molar refractivity (Wildman–Crippen MR) is 73.3 cm³/mol. The van der Waals surface area contributed by atoms with Gasteiger partial charge in [0.15, 0.2) is 5.84 Å². The summed E-state index contributed by atoms with van der Waals surface area (Å²) in [5.41, 5.74) is 8.29. The molecule has 0 radical (unpaired) electrons. The van der Waals surface area contributed by atoms with Crippen LogP contribution in [0.1, 0.15) is 24.5 Å². The number of benzene rings is 1. The molecule has 5 nitrogen and oxygen atoms in total. The van der Waals surface area contributed by atoms with E-state index < -0.39 is 0 Å². The number of hydrogen-bond donors (Lipinski definition) is 3. The van der Waals surface area contributed by atoms with Crippen LogP contribution in [0.2, 0.25) is 0 Å². The van der Waals surface area contributed by atoms with Gasteiger partial charge in [-0.15, -0.1) is 0 Å². The Balaban J connectivity index is 2.84. The summed E-state index contributed by atoms with van der Waals surface area (Å²) in [6.07, 6.45) is 0.419. The van der Waals surface area contributed by atoms with Crippen LogP contribution >= 0.6 is 0 Å². The lowest BCUT2D eigenvalue weighted by Gasteiger charge is -2.21. The Morgan fingerprint density at radius 2 is 2.17 bits per heavy atom. The van der Waals surface area contributed by atoms with Crippen molar-refractivity contribution >= 4 is 11.5 Å². The fraction of sp³-hybridized carbons (Fsp3) is 0.462. The van der Waals surface area contributed by atoms with Gasteiger partial charge in [0.1, 0.15) is 0 Å². The van der Waals surface area contributed by atoms with E-state index in [9.17, 15) is 5.11 Å². The van der Waals surface area contributed by atoms with Gasteiger partial charge in [-0.1, -0.05) is 5.16 Å². The molecule has 4 N–H and O–H groups in total. The Labute approximate surface area is 108 Å². The van der Waals surface area contributed by atoms with E-state index in [1.54, 1.807) is 6.92 Å². The van der Waals surface area contributed by atoms with Crippen molar-refractivity contribution < 1.29 is 10.3 Å². The van der Waals surface area contributed by atoms with Crippen LogP contribution in [0, 0.1) is 6.92 Å². The summed E-state index contributed by atoms with van der Waals surface area (Å²) in [4.78, 5) is 2.07. The lowest BCUT2D eigenvalue weighted by atomic mass is 10.1. The molecule has 1 aromatic carbocycles. The largest absolute Gasteiger partial charge is 0.409 e. The topological polar surface area (TPSA) is 82.1 Å². The summed E-state index contributed by atoms with van der Waals surface area (Å²) in [6, 6.07) is 5.73. The number of nitrogens with two attached hydrogens (primary N) is 1. The van der Waals surface area contributed by atoms with Crippen molar-refractivity contribution in [3.63, 3.8) is 0 Å². The van der Waals surface area contributed by atoms with Crippen LogP contribution in [0.15, 0.2) is 23.4 Å². The molecule has 0 amide bonds. The molecule has 0 aromatic heterocycles. The maximum atomic E-state index is 9.26. The third kappa shape index (κ3) is 3.63. The van der Waals surface area contributed by atoms with Crippen LogP contribution in [0.5, 0.6) is 0 Å². The number of oxime groups is 1. The van der Waals surface area contributed by atoms with Crippen LogP contribution in [-0.4, -0.2) is 35.8 Å². The minimum absolute atomic E-state index is 0.116. The second-order valence-electron chi connectivity index (χ2n) is 4.54. The molecule has 5 heteroatoms. The fourth-order valence-corrected chi connectivity index (χ4v) is 1.74. The lowest BCUT2D eigenvalue weighted by Crippen LogP contribution is -2.22. The number of aliphatic hydroxyl groups excluding tert-OH is 1. The van der Waals surface area contributed by atoms with Gasteiger partial charge < -0.3 is 20.9 Å². The molecule has 0 saturated carbocycles. The van der Waals surface area contributed by atoms with E-state index in [0.717, 1.165) is 29.8 Å². The Bertz CT molecular complexity index is 430. The summed E-state index contributed by atoms with van der Waals surface area (Å²) >= 11 is 0. The number of aliphatic hydroxyl groups is 1. The molecule has 0 fully saturated rings. The lowest BCUT2D eigenvalue weighted by molar-refractivity contribution is 0.187. The molecule has 18 heavy (non-hydrogen) atoms. The number of nitrogens with zero attached hydrogens (tertiary/aromatic N) is 2. The average molecular weight is 251 g/mol. The number of anilines is 1. The molecule has 0 aliphatic rings. The van der Waals surface area contributed by atoms with Gasteiger partial charge in [-0.25, -0.2) is 0 Å². The minimum Gasteiger partial charge on any atom is -0.409 e. The van der Waals surface area contributed by atoms with Gasteiger partial charge in [-0.05, 0) is 44.0 Å². The van der Waals surface area contributed by atoms with E-state index in [-0.39, 0.29) is 11.9 Å². The maximum Gasteiger partial charge on any atom is 0.170 e. The third-order valence-electron chi connectivity index (χ3n) is 2.92. The zero-order valence-corrected chi connectivity index (χ0v) is 11.1. The standard InChI is InChI=1S/C13H21N3O2/c1-9-8-11(16(3)7-6-10(2)17)4-5-12(9)13(14)15-18/h4-5,8,10,17-18H,6-7H2,1-3H3,(H2,14,15). The van der Waals surface area contributed by atoms with E-state index in [4.69, 9.17) is 10.9 Å². The molecule has 0 bridgehead atoms. The molecule has 0 aliphatic heterocycles. The Morgan fingerprint density at radius 1 is 1.50 bits per heavy atom. The molecule has 1 rings (SSSR count). The minimum atomic E-state index is -0.301. The molecule has 1 atom stereocenters. The SMILES string of the molecule is Cc1cc(N(C)CCC(C)O)ccc1/C(N)=N/O. The van der Waals surface area contributed by atoms with Gasteiger partial charge in [0.2, 0.25) is 0 Å². The molecular formula is C13H21N3O2. The van der Waals surface area contributed by atoms with E-state index in [0.29, 0.717) is 0 Å². The first-order valence-electron chi connectivity index (χ1n) is 5.93. The summed E-state index contributed by atoms with van der Waals surface area (Å²) in [5.74, 6) is 0.116. The zero-order valence-electron chi connectivity index (χ0n) is 11.1. The van der Waals surface area contributed by atoms with E-state index in [2.05, 4.69) is 10.1 Å². The summed E-state index contributed by atoms with van der Waals surface area (Å²) < 4.78 is 0. The molecule has 100 valence electrons. The summed E-state index contributed by atoms with van der Waals surface area (Å²) in [6.45, 7) is 4.47. The Kier molecular flexibility index (Phi) is 4.97. The van der Waals surface area contributed by atoms with Crippen LogP contribution < -0.4 is 10.6 Å². The van der Waals surface area contributed by atoms with E-state index in [1.807, 2.05) is 32.2 Å². The van der Waals surface area contributed by atoms with Gasteiger partial charge in [0, 0.05) is 24.8 Å². The van der Waals surface area contributed by atoms with Crippen molar-refractivity contribution in [2.45, 2.75) is 26.4 Å². The number of rotatable bonds is 5. The number of amidine groups is 1. The van der Waals surface area contributed by atoms with Gasteiger partial charge in [-0.2, -0.15) is 0 Å². The number of aryl methyl sites for hydroxylation is 1. The molecule has 0 aliphatic carbocycles. The van der Waals surface area contributed by atoms with Crippen LogP contribution in [-0.2, 0) is 0 Å². The zero-order chi connectivity index (χ0) is 13.7. The van der Waals surface area contributed by atoms with Crippen molar-refractivity contribution in [3.8, 4) is 0 Å². The normalized spacial score (nSPS) is 13.4. The van der Waals surface area contributed by atoms with Crippen LogP contribution in [0.25, 0.3) is 0 Å². The summed E-state index contributed by atoms with van der Waals surface area (Å²) in [7, 11) is 1.97. The smallest absolute Gasteiger partial charge is 0.170 e. The van der Waals surface area contributed by atoms with Gasteiger partial charge in [0.05, 0.1) is 6.10 Å². The summed E-state index contributed by atoms with van der Waals surface area (Å²) in [5, 5.41) is 20.9. The second kappa shape index (κ2) is 6.26. The monoisotopic (exact) mass is 251 g/mol. The molecule has 0 saturated heterocycles. The molecule has 0 heterocycles. The highest BCUT2D eigenvalue weighted by Crippen LogP contribution is 2.18. The first-order valence-corrected chi connectivity index (χ1v) is 5.93. The first kappa shape index (κ1) is 14.3. The van der Waals surface area contributed by atoms with Crippen molar-refractivity contribution in [3.05, 3.63) is 29.3 Å². The highest BCUT2D eigenvalue weighted by atomic mass is 16.4. The fourth-order valence-electron chi connectivity index (χ4n) is 1.74. The molecular weight excluding hydrogens is 230 g/mol. The maximum absolute atomic E-state index is 9.26. The molecule has 0 spiro atoms. The first-order chi connectivity index (χ1) is 8.45. The average Bonchev–Trinajstić information content (AvgIpc) is 2.34. The van der Waals surface area contributed by atoms with Gasteiger partial charge in [-0.3, -0.25) is 0 Å². The third-order valence-corrected chi connectivity index (χ3v) is 2.92. The van der Waals surface area contributed by atoms with Crippen molar-refractivity contribution in [2.75, 3.05) is 18.5 Å². The highest BCUT2D eigenvalue weighted by Gasteiger charge is 2.08. The predicted octanol–water partition coefficient (Wildman–Crippen LogP) is 1.30. The van der Waals surface area contributed by atoms with Crippen LogP contribution in [0.4, 0.5) is 5.69 Å². The van der Waals surface area contributed by atoms with Gasteiger partial charge in [0.25, 0.3) is 0 Å². The van der Waals surface area contributed by atoms with Crippen LogP contribution in [0.3, 0.4) is 0 Å². The van der Waals surface area contributed by atoms with E-state index in [1.165, 1.54) is 0 Å². The van der Waals surface area contributed by atoms with E-state index >= 15 is 0 Å².